The molecule has 14 heteroatoms. The second-order valence-corrected chi connectivity index (χ2v) is 8.84. The van der Waals surface area contributed by atoms with Crippen molar-refractivity contribution < 1.29 is 29.4 Å². The van der Waals surface area contributed by atoms with Gasteiger partial charge >= 0.3 is 5.97 Å². The molecule has 0 heterocycles. The lowest BCUT2D eigenvalue weighted by atomic mass is 9.98. The number of carboxylic acids is 1. The zero-order chi connectivity index (χ0) is 26.3. The van der Waals surface area contributed by atoms with Crippen molar-refractivity contribution in [2.45, 2.75) is 63.7 Å². The van der Waals surface area contributed by atoms with Crippen LogP contribution in [0.3, 0.4) is 0 Å². The minimum absolute atomic E-state index is 0.0751. The molecule has 5 unspecified atom stereocenters. The van der Waals surface area contributed by atoms with E-state index in [-0.39, 0.29) is 31.3 Å². The fraction of sp³-hybridized carbons (Fsp3) is 0.750. The van der Waals surface area contributed by atoms with Crippen LogP contribution in [-0.2, 0) is 19.2 Å². The van der Waals surface area contributed by atoms with E-state index in [2.05, 4.69) is 20.9 Å². The van der Waals surface area contributed by atoms with E-state index in [1.165, 1.54) is 11.8 Å². The van der Waals surface area contributed by atoms with Crippen LogP contribution in [0.25, 0.3) is 0 Å². The number of amides is 3. The summed E-state index contributed by atoms with van der Waals surface area (Å²) >= 11 is 1.44. The molecule has 196 valence electrons. The molecule has 0 spiro atoms. The van der Waals surface area contributed by atoms with Crippen LogP contribution < -0.4 is 33.2 Å². The molecule has 0 radical (unpaired) electrons. The van der Waals surface area contributed by atoms with Crippen molar-refractivity contribution in [3.05, 3.63) is 0 Å². The molecule has 0 rings (SSSR count). The summed E-state index contributed by atoms with van der Waals surface area (Å²) in [7, 11) is 0. The van der Waals surface area contributed by atoms with Crippen molar-refractivity contribution in [2.24, 2.45) is 28.1 Å². The number of hydrogen-bond acceptors (Lipinski definition) is 8. The number of thioether (sulfide) groups is 1. The minimum atomic E-state index is -1.34. The third kappa shape index (κ3) is 12.0. The van der Waals surface area contributed by atoms with Crippen molar-refractivity contribution in [3.8, 4) is 0 Å². The number of carbonyl (C=O) groups excluding carboxylic acids is 3. The molecule has 0 aromatic heterocycles. The zero-order valence-corrected chi connectivity index (χ0v) is 20.8. The van der Waals surface area contributed by atoms with Crippen LogP contribution >= 0.6 is 11.8 Å². The summed E-state index contributed by atoms with van der Waals surface area (Å²) in [5.41, 5.74) is 16.3. The first-order valence-corrected chi connectivity index (χ1v) is 12.4. The second kappa shape index (κ2) is 16.9. The van der Waals surface area contributed by atoms with Gasteiger partial charge in [0.2, 0.25) is 17.7 Å². The number of nitrogens with two attached hydrogens (primary N) is 3. The van der Waals surface area contributed by atoms with E-state index in [1.807, 2.05) is 6.26 Å². The van der Waals surface area contributed by atoms with Crippen LogP contribution in [-0.4, -0.2) is 89.2 Å². The van der Waals surface area contributed by atoms with E-state index < -0.39 is 54.5 Å². The van der Waals surface area contributed by atoms with E-state index in [9.17, 15) is 29.4 Å². The summed E-state index contributed by atoms with van der Waals surface area (Å²) in [4.78, 5) is 53.1. The number of aliphatic hydroxyl groups is 1. The summed E-state index contributed by atoms with van der Waals surface area (Å²) in [6.45, 7) is 3.07. The predicted octanol–water partition coefficient (Wildman–Crippen LogP) is -2.30. The Hall–Kier alpha value is -2.58. The minimum Gasteiger partial charge on any atom is -0.480 e. The molecule has 0 fully saturated rings. The third-order valence-corrected chi connectivity index (χ3v) is 5.78. The van der Waals surface area contributed by atoms with E-state index in [1.54, 1.807) is 13.8 Å². The van der Waals surface area contributed by atoms with Gasteiger partial charge in [-0.1, -0.05) is 20.3 Å². The Bertz CT molecular complexity index is 705. The van der Waals surface area contributed by atoms with Crippen molar-refractivity contribution in [2.75, 3.05) is 25.2 Å². The number of hydrogen-bond donors (Lipinski definition) is 8. The number of aliphatic carboxylic acids is 1. The molecular formula is C20H39N7O6S. The van der Waals surface area contributed by atoms with Crippen LogP contribution in [0.1, 0.15) is 39.5 Å². The largest absolute Gasteiger partial charge is 0.480 e. The number of carboxylic acid groups (broad SMARTS) is 1. The van der Waals surface area contributed by atoms with Crippen LogP contribution in [0.2, 0.25) is 0 Å². The highest BCUT2D eigenvalue weighted by Gasteiger charge is 2.31. The lowest BCUT2D eigenvalue weighted by Crippen LogP contribution is -2.58. The van der Waals surface area contributed by atoms with E-state index in [4.69, 9.17) is 17.2 Å². The van der Waals surface area contributed by atoms with Crippen LogP contribution in [0.15, 0.2) is 4.99 Å². The smallest absolute Gasteiger partial charge is 0.326 e. The summed E-state index contributed by atoms with van der Waals surface area (Å²) in [5.74, 6) is -3.17. The van der Waals surface area contributed by atoms with Gasteiger partial charge in [0.25, 0.3) is 0 Å². The van der Waals surface area contributed by atoms with Gasteiger partial charge in [0.15, 0.2) is 5.96 Å². The Morgan fingerprint density at radius 2 is 1.59 bits per heavy atom. The number of rotatable bonds is 17. The van der Waals surface area contributed by atoms with Crippen molar-refractivity contribution in [1.82, 2.24) is 16.0 Å². The number of aliphatic imine (C=N–C) groups is 1. The van der Waals surface area contributed by atoms with E-state index in [0.29, 0.717) is 18.6 Å². The highest BCUT2D eigenvalue weighted by Crippen LogP contribution is 2.10. The highest BCUT2D eigenvalue weighted by atomic mass is 32.2. The van der Waals surface area contributed by atoms with Gasteiger partial charge in [-0.2, -0.15) is 11.8 Å². The molecule has 0 saturated carbocycles. The highest BCUT2D eigenvalue weighted by molar-refractivity contribution is 7.98. The molecule has 13 nitrogen and oxygen atoms in total. The molecule has 0 aromatic carbocycles. The van der Waals surface area contributed by atoms with Gasteiger partial charge in [0.05, 0.1) is 12.6 Å². The Balaban J connectivity index is 5.14. The Kier molecular flexibility index (Phi) is 15.7. The monoisotopic (exact) mass is 505 g/mol. The molecule has 34 heavy (non-hydrogen) atoms. The molecule has 0 aliphatic heterocycles. The Labute approximate surface area is 204 Å². The molecule has 3 amide bonds. The van der Waals surface area contributed by atoms with Crippen molar-refractivity contribution >= 4 is 41.4 Å². The normalized spacial score (nSPS) is 15.2. The molecule has 11 N–H and O–H groups in total. The molecule has 5 atom stereocenters. The third-order valence-electron chi connectivity index (χ3n) is 5.14. The average molecular weight is 506 g/mol. The first-order valence-electron chi connectivity index (χ1n) is 11.0. The van der Waals surface area contributed by atoms with Crippen molar-refractivity contribution in [1.29, 1.82) is 0 Å². The standard InChI is InChI=1S/C20H39N7O6S/c1-4-11(2)15(19(32)33)27-17(30)13(7-9-34-3)25-18(31)14(10-28)26-16(29)12(21)6-5-8-24-20(22)23/h11-15,28H,4-10,21H2,1-3H3,(H,25,31)(H,26,29)(H,27,30)(H,32,33)(H4,22,23,24). The van der Waals surface area contributed by atoms with Crippen LogP contribution in [0.4, 0.5) is 0 Å². The van der Waals surface area contributed by atoms with Gasteiger partial charge < -0.3 is 43.4 Å². The quantitative estimate of drug-likeness (QED) is 0.0597. The van der Waals surface area contributed by atoms with Gasteiger partial charge in [-0.05, 0) is 37.2 Å². The zero-order valence-electron chi connectivity index (χ0n) is 20.0. The second-order valence-electron chi connectivity index (χ2n) is 7.85. The maximum atomic E-state index is 12.8. The summed E-state index contributed by atoms with van der Waals surface area (Å²) < 4.78 is 0. The fourth-order valence-electron chi connectivity index (χ4n) is 2.84. The van der Waals surface area contributed by atoms with E-state index in [0.717, 1.165) is 0 Å². The Morgan fingerprint density at radius 1 is 1.00 bits per heavy atom. The predicted molar refractivity (Wildman–Crippen MR) is 131 cm³/mol. The molecule has 0 bridgehead atoms. The van der Waals surface area contributed by atoms with Gasteiger partial charge in [0.1, 0.15) is 18.1 Å². The lowest BCUT2D eigenvalue weighted by Gasteiger charge is -2.26. The summed E-state index contributed by atoms with van der Waals surface area (Å²) in [6.07, 6.45) is 3.25. The topological polar surface area (TPSA) is 235 Å². The molecule has 0 aromatic rings. The fourth-order valence-corrected chi connectivity index (χ4v) is 3.31. The molecular weight excluding hydrogens is 466 g/mol. The number of nitrogens with one attached hydrogen (secondary N) is 3. The molecule has 0 aliphatic carbocycles. The number of aliphatic hydroxyl groups excluding tert-OH is 1. The maximum absolute atomic E-state index is 12.8. The molecule has 0 saturated heterocycles. The lowest BCUT2D eigenvalue weighted by molar-refractivity contribution is -0.143. The summed E-state index contributed by atoms with van der Waals surface area (Å²) in [6, 6.07) is -4.47. The first-order chi connectivity index (χ1) is 16.0. The molecule has 0 aliphatic rings. The number of carbonyl (C=O) groups is 4. The van der Waals surface area contributed by atoms with Gasteiger partial charge in [-0.15, -0.1) is 0 Å². The summed E-state index contributed by atoms with van der Waals surface area (Å²) in [5, 5.41) is 26.4. The van der Waals surface area contributed by atoms with Crippen LogP contribution in [0, 0.1) is 5.92 Å². The average Bonchev–Trinajstić information content (AvgIpc) is 2.79. The number of guanidine groups is 1. The first kappa shape index (κ1) is 31.4. The SMILES string of the molecule is CCC(C)C(NC(=O)C(CCSC)NC(=O)C(CO)NC(=O)C(N)CCCN=C(N)N)C(=O)O. The van der Waals surface area contributed by atoms with Gasteiger partial charge in [0, 0.05) is 6.54 Å². The van der Waals surface area contributed by atoms with Crippen molar-refractivity contribution in [3.63, 3.8) is 0 Å². The Morgan fingerprint density at radius 3 is 2.09 bits per heavy atom. The van der Waals surface area contributed by atoms with E-state index >= 15 is 0 Å². The van der Waals surface area contributed by atoms with Crippen LogP contribution in [0.5, 0.6) is 0 Å². The number of nitrogens with zero attached hydrogens (tertiary/aromatic N) is 1. The van der Waals surface area contributed by atoms with Gasteiger partial charge in [-0.25, -0.2) is 4.79 Å². The maximum Gasteiger partial charge on any atom is 0.326 e. The van der Waals surface area contributed by atoms with Gasteiger partial charge in [-0.3, -0.25) is 19.4 Å².